The molecule has 2 amide bonds. The molecule has 0 unspecified atom stereocenters. The number of para-hydroxylation sites is 1. The van der Waals surface area contributed by atoms with E-state index in [0.29, 0.717) is 11.4 Å². The number of hydrogen-bond acceptors (Lipinski definition) is 3. The van der Waals surface area contributed by atoms with E-state index in [2.05, 4.69) is 10.6 Å². The Hall–Kier alpha value is -2.89. The van der Waals surface area contributed by atoms with Crippen molar-refractivity contribution in [2.24, 2.45) is 0 Å². The van der Waals surface area contributed by atoms with Gasteiger partial charge in [-0.2, -0.15) is 0 Å². The van der Waals surface area contributed by atoms with Crippen LogP contribution in [0.3, 0.4) is 0 Å². The summed E-state index contributed by atoms with van der Waals surface area (Å²) in [7, 11) is 1.41. The summed E-state index contributed by atoms with van der Waals surface area (Å²) < 4.78 is 18.7. The molecule has 24 heavy (non-hydrogen) atoms. The van der Waals surface area contributed by atoms with E-state index in [4.69, 9.17) is 4.74 Å². The first kappa shape index (κ1) is 17.5. The van der Waals surface area contributed by atoms with Gasteiger partial charge in [-0.3, -0.25) is 9.59 Å². The van der Waals surface area contributed by atoms with Crippen molar-refractivity contribution in [1.82, 2.24) is 5.32 Å². The summed E-state index contributed by atoms with van der Waals surface area (Å²) in [6, 6.07) is 11.3. The molecule has 0 atom stereocenters. The molecule has 0 saturated heterocycles. The first-order valence-electron chi connectivity index (χ1n) is 7.54. The fraction of sp³-hybridized carbons (Fsp3) is 0.222. The SMILES string of the molecule is CCc1ccccc1NC(=O)CNC(=O)c1ccc(OC)cc1F. The Morgan fingerprint density at radius 3 is 2.58 bits per heavy atom. The summed E-state index contributed by atoms with van der Waals surface area (Å²) in [4.78, 5) is 23.9. The van der Waals surface area contributed by atoms with Gasteiger partial charge in [-0.1, -0.05) is 25.1 Å². The summed E-state index contributed by atoms with van der Waals surface area (Å²) in [6.07, 6.45) is 0.778. The van der Waals surface area contributed by atoms with Crippen molar-refractivity contribution in [3.63, 3.8) is 0 Å². The van der Waals surface area contributed by atoms with Gasteiger partial charge in [0.25, 0.3) is 5.91 Å². The van der Waals surface area contributed by atoms with Crippen LogP contribution in [0.1, 0.15) is 22.8 Å². The van der Waals surface area contributed by atoms with Crippen LogP contribution >= 0.6 is 0 Å². The summed E-state index contributed by atoms with van der Waals surface area (Å²) in [5, 5.41) is 5.14. The van der Waals surface area contributed by atoms with Crippen molar-refractivity contribution >= 4 is 17.5 Å². The molecule has 0 aliphatic heterocycles. The second-order valence-corrected chi connectivity index (χ2v) is 5.09. The van der Waals surface area contributed by atoms with Gasteiger partial charge in [0.1, 0.15) is 11.6 Å². The molecule has 0 aliphatic carbocycles. The zero-order chi connectivity index (χ0) is 17.5. The molecule has 0 fully saturated rings. The summed E-state index contributed by atoms with van der Waals surface area (Å²) in [6.45, 7) is 1.74. The highest BCUT2D eigenvalue weighted by atomic mass is 19.1. The average molecular weight is 330 g/mol. The van der Waals surface area contributed by atoms with Gasteiger partial charge in [-0.05, 0) is 30.2 Å². The zero-order valence-corrected chi connectivity index (χ0v) is 13.6. The normalized spacial score (nSPS) is 10.1. The van der Waals surface area contributed by atoms with Gasteiger partial charge < -0.3 is 15.4 Å². The smallest absolute Gasteiger partial charge is 0.254 e. The van der Waals surface area contributed by atoms with Crippen LogP contribution in [-0.4, -0.2) is 25.5 Å². The number of aryl methyl sites for hydroxylation is 1. The lowest BCUT2D eigenvalue weighted by Gasteiger charge is -2.11. The third-order valence-corrected chi connectivity index (χ3v) is 3.50. The van der Waals surface area contributed by atoms with E-state index in [1.54, 1.807) is 6.07 Å². The molecule has 2 N–H and O–H groups in total. The number of carbonyl (C=O) groups excluding carboxylic acids is 2. The molecule has 5 nitrogen and oxygen atoms in total. The molecule has 0 aromatic heterocycles. The number of halogens is 1. The Balaban J connectivity index is 1.95. The van der Waals surface area contributed by atoms with Crippen molar-refractivity contribution in [3.05, 3.63) is 59.4 Å². The molecular weight excluding hydrogens is 311 g/mol. The van der Waals surface area contributed by atoms with E-state index in [1.165, 1.54) is 19.2 Å². The van der Waals surface area contributed by atoms with E-state index < -0.39 is 11.7 Å². The van der Waals surface area contributed by atoms with Gasteiger partial charge in [0, 0.05) is 11.8 Å². The Morgan fingerprint density at radius 2 is 1.92 bits per heavy atom. The molecule has 126 valence electrons. The lowest BCUT2D eigenvalue weighted by atomic mass is 10.1. The van der Waals surface area contributed by atoms with Crippen LogP contribution in [-0.2, 0) is 11.2 Å². The summed E-state index contributed by atoms with van der Waals surface area (Å²) in [5.41, 5.74) is 1.56. The molecule has 0 radical (unpaired) electrons. The largest absolute Gasteiger partial charge is 0.497 e. The van der Waals surface area contributed by atoms with E-state index in [-0.39, 0.29) is 18.0 Å². The monoisotopic (exact) mass is 330 g/mol. The third-order valence-electron chi connectivity index (χ3n) is 3.50. The Bertz CT molecular complexity index is 747. The van der Waals surface area contributed by atoms with Crippen LogP contribution in [0.25, 0.3) is 0 Å². The molecular formula is C18H19FN2O3. The second kappa shape index (κ2) is 8.10. The topological polar surface area (TPSA) is 67.4 Å². The summed E-state index contributed by atoms with van der Waals surface area (Å²) in [5.74, 6) is -1.42. The van der Waals surface area contributed by atoms with Crippen molar-refractivity contribution < 1.29 is 18.7 Å². The van der Waals surface area contributed by atoms with Gasteiger partial charge >= 0.3 is 0 Å². The number of carbonyl (C=O) groups is 2. The van der Waals surface area contributed by atoms with Crippen molar-refractivity contribution in [2.45, 2.75) is 13.3 Å². The number of amides is 2. The predicted molar refractivity (Wildman–Crippen MR) is 89.7 cm³/mol. The van der Waals surface area contributed by atoms with Crippen LogP contribution in [0.5, 0.6) is 5.75 Å². The van der Waals surface area contributed by atoms with Crippen LogP contribution in [0.4, 0.5) is 10.1 Å². The van der Waals surface area contributed by atoms with E-state index in [1.807, 2.05) is 25.1 Å². The molecule has 6 heteroatoms. The first-order valence-corrected chi connectivity index (χ1v) is 7.54. The quantitative estimate of drug-likeness (QED) is 0.856. The van der Waals surface area contributed by atoms with E-state index in [0.717, 1.165) is 18.1 Å². The number of benzene rings is 2. The standard InChI is InChI=1S/C18H19FN2O3/c1-3-12-6-4-5-7-16(12)21-17(22)11-20-18(23)14-9-8-13(24-2)10-15(14)19/h4-10H,3,11H2,1-2H3,(H,20,23)(H,21,22). The highest BCUT2D eigenvalue weighted by Gasteiger charge is 2.14. The second-order valence-electron chi connectivity index (χ2n) is 5.09. The number of nitrogens with one attached hydrogen (secondary N) is 2. The van der Waals surface area contributed by atoms with Gasteiger partial charge in [0.15, 0.2) is 0 Å². The van der Waals surface area contributed by atoms with Crippen LogP contribution in [0, 0.1) is 5.82 Å². The minimum Gasteiger partial charge on any atom is -0.497 e. The third kappa shape index (κ3) is 4.32. The highest BCUT2D eigenvalue weighted by molar-refractivity contribution is 5.99. The van der Waals surface area contributed by atoms with Gasteiger partial charge in [-0.15, -0.1) is 0 Å². The number of ether oxygens (including phenoxy) is 1. The highest BCUT2D eigenvalue weighted by Crippen LogP contribution is 2.16. The van der Waals surface area contributed by atoms with Gasteiger partial charge in [-0.25, -0.2) is 4.39 Å². The van der Waals surface area contributed by atoms with Gasteiger partial charge in [0.2, 0.25) is 5.91 Å². The van der Waals surface area contributed by atoms with Crippen LogP contribution < -0.4 is 15.4 Å². The molecule has 0 spiro atoms. The number of methoxy groups -OCH3 is 1. The number of anilines is 1. The molecule has 0 heterocycles. The fourth-order valence-electron chi connectivity index (χ4n) is 2.21. The predicted octanol–water partition coefficient (Wildman–Crippen LogP) is 2.77. The molecule has 0 saturated carbocycles. The van der Waals surface area contributed by atoms with Crippen LogP contribution in [0.2, 0.25) is 0 Å². The number of rotatable bonds is 6. The van der Waals surface area contributed by atoms with E-state index >= 15 is 0 Å². The average Bonchev–Trinajstić information content (AvgIpc) is 2.60. The zero-order valence-electron chi connectivity index (χ0n) is 13.6. The minimum absolute atomic E-state index is 0.141. The summed E-state index contributed by atoms with van der Waals surface area (Å²) >= 11 is 0. The molecule has 0 bridgehead atoms. The lowest BCUT2D eigenvalue weighted by molar-refractivity contribution is -0.115. The maximum atomic E-state index is 13.8. The van der Waals surface area contributed by atoms with Crippen molar-refractivity contribution in [1.29, 1.82) is 0 Å². The Labute approximate surface area is 139 Å². The van der Waals surface area contributed by atoms with Crippen molar-refractivity contribution in [2.75, 3.05) is 19.0 Å². The molecule has 0 aliphatic rings. The Morgan fingerprint density at radius 1 is 1.17 bits per heavy atom. The lowest BCUT2D eigenvalue weighted by Crippen LogP contribution is -2.33. The van der Waals surface area contributed by atoms with E-state index in [9.17, 15) is 14.0 Å². The fourth-order valence-corrected chi connectivity index (χ4v) is 2.21. The Kier molecular flexibility index (Phi) is 5.89. The maximum absolute atomic E-state index is 13.8. The molecule has 2 rings (SSSR count). The van der Waals surface area contributed by atoms with Crippen molar-refractivity contribution in [3.8, 4) is 5.75 Å². The van der Waals surface area contributed by atoms with Crippen LogP contribution in [0.15, 0.2) is 42.5 Å². The van der Waals surface area contributed by atoms with Gasteiger partial charge in [0.05, 0.1) is 19.2 Å². The minimum atomic E-state index is -0.705. The number of hydrogen-bond donors (Lipinski definition) is 2. The molecule has 2 aromatic carbocycles. The maximum Gasteiger partial charge on any atom is 0.254 e. The first-order chi connectivity index (χ1) is 11.5. The molecule has 2 aromatic rings.